The van der Waals surface area contributed by atoms with Crippen LogP contribution in [0.2, 0.25) is 0 Å². The molecule has 0 fully saturated rings. The fourth-order valence-electron chi connectivity index (χ4n) is 3.30. The van der Waals surface area contributed by atoms with E-state index in [2.05, 4.69) is 0 Å². The average molecular weight is 471 g/mol. The Hall–Kier alpha value is -1.27. The number of carboxylic acids is 1. The first kappa shape index (κ1) is 31.7. The number of ether oxygens (including phenoxy) is 2. The van der Waals surface area contributed by atoms with Crippen LogP contribution in [-0.4, -0.2) is 47.1 Å². The predicted octanol–water partition coefficient (Wildman–Crippen LogP) is 6.24. The van der Waals surface area contributed by atoms with Gasteiger partial charge in [0.25, 0.3) is 0 Å². The second kappa shape index (κ2) is 13.0. The Balaban J connectivity index is 4.61. The van der Waals surface area contributed by atoms with Gasteiger partial charge in [0.1, 0.15) is 11.6 Å². The molecule has 0 radical (unpaired) electrons. The third kappa shape index (κ3) is 12.1. The van der Waals surface area contributed by atoms with Crippen LogP contribution in [0.25, 0.3) is 0 Å². The highest BCUT2D eigenvalue weighted by Gasteiger charge is 2.43. The zero-order chi connectivity index (χ0) is 26.1. The highest BCUT2D eigenvalue weighted by molar-refractivity contribution is 5.85. The van der Waals surface area contributed by atoms with Gasteiger partial charge in [-0.05, 0) is 60.3 Å². The molecule has 6 heteroatoms. The standard InChI is InChI=1S/C27H50O6/c1-24(2,3)21(28)16-15-20(23(30)31)17-19-33-27(9,10)26(7,8)22(29)14-12-11-13-18-32-25(4,5)6/h20H,11-19H2,1-10H3,(H,30,31). The number of carboxylic acid groups (broad SMARTS) is 1. The maximum Gasteiger partial charge on any atom is 0.306 e. The Kier molecular flexibility index (Phi) is 12.5. The SMILES string of the molecule is CC(C)(C)OCCCCCC(=O)C(C)(C)C(C)(C)OCCC(CCC(=O)C(C)(C)C)C(=O)O. The molecule has 33 heavy (non-hydrogen) atoms. The van der Waals surface area contributed by atoms with Gasteiger partial charge in [-0.2, -0.15) is 0 Å². The lowest BCUT2D eigenvalue weighted by molar-refractivity contribution is -0.153. The van der Waals surface area contributed by atoms with Gasteiger partial charge >= 0.3 is 5.97 Å². The van der Waals surface area contributed by atoms with Crippen molar-refractivity contribution >= 4 is 17.5 Å². The number of Topliss-reactive ketones (excluding diaryl/α,β-unsaturated/α-hetero) is 2. The van der Waals surface area contributed by atoms with Gasteiger partial charge in [0.05, 0.1) is 22.5 Å². The fraction of sp³-hybridized carbons (Fsp3) is 0.889. The number of aliphatic carboxylic acids is 1. The summed E-state index contributed by atoms with van der Waals surface area (Å²) in [4.78, 5) is 36.7. The van der Waals surface area contributed by atoms with Crippen LogP contribution < -0.4 is 0 Å². The van der Waals surface area contributed by atoms with Gasteiger partial charge in [-0.25, -0.2) is 0 Å². The lowest BCUT2D eigenvalue weighted by atomic mass is 9.72. The summed E-state index contributed by atoms with van der Waals surface area (Å²) in [6.07, 6.45) is 4.03. The minimum absolute atomic E-state index is 0.0618. The van der Waals surface area contributed by atoms with E-state index in [0.29, 0.717) is 25.9 Å². The lowest BCUT2D eigenvalue weighted by Crippen LogP contribution is -2.47. The van der Waals surface area contributed by atoms with E-state index in [9.17, 15) is 19.5 Å². The minimum atomic E-state index is -0.913. The molecule has 0 rings (SSSR count). The molecule has 0 bridgehead atoms. The van der Waals surface area contributed by atoms with E-state index in [0.717, 1.165) is 19.3 Å². The second-order valence-corrected chi connectivity index (χ2v) is 12.2. The van der Waals surface area contributed by atoms with Gasteiger partial charge in [-0.15, -0.1) is 0 Å². The number of ketones is 2. The third-order valence-electron chi connectivity index (χ3n) is 6.62. The van der Waals surface area contributed by atoms with E-state index >= 15 is 0 Å². The minimum Gasteiger partial charge on any atom is -0.481 e. The zero-order valence-electron chi connectivity index (χ0n) is 22.9. The highest BCUT2D eigenvalue weighted by Crippen LogP contribution is 2.36. The van der Waals surface area contributed by atoms with Gasteiger partial charge < -0.3 is 14.6 Å². The Labute approximate surface area is 202 Å². The van der Waals surface area contributed by atoms with Crippen molar-refractivity contribution in [2.45, 2.75) is 125 Å². The van der Waals surface area contributed by atoms with E-state index in [4.69, 9.17) is 9.47 Å². The van der Waals surface area contributed by atoms with Crippen LogP contribution in [0.1, 0.15) is 114 Å². The van der Waals surface area contributed by atoms with Crippen molar-refractivity contribution in [2.24, 2.45) is 16.7 Å². The van der Waals surface area contributed by atoms with E-state index < -0.39 is 28.3 Å². The Bertz CT molecular complexity index is 634. The molecule has 1 N–H and O–H groups in total. The smallest absolute Gasteiger partial charge is 0.306 e. The molecule has 0 spiro atoms. The van der Waals surface area contributed by atoms with E-state index in [1.165, 1.54) is 0 Å². The molecule has 1 unspecified atom stereocenters. The number of hydrogen-bond acceptors (Lipinski definition) is 5. The van der Waals surface area contributed by atoms with Crippen molar-refractivity contribution in [1.29, 1.82) is 0 Å². The molecule has 0 aromatic heterocycles. The zero-order valence-corrected chi connectivity index (χ0v) is 22.9. The van der Waals surface area contributed by atoms with Crippen LogP contribution >= 0.6 is 0 Å². The lowest BCUT2D eigenvalue weighted by Gasteiger charge is -2.40. The van der Waals surface area contributed by atoms with Crippen molar-refractivity contribution in [1.82, 2.24) is 0 Å². The molecule has 6 nitrogen and oxygen atoms in total. The van der Waals surface area contributed by atoms with Gasteiger partial charge in [-0.1, -0.05) is 41.0 Å². The summed E-state index contributed by atoms with van der Waals surface area (Å²) in [5.41, 5.74) is -2.04. The number of carbonyl (C=O) groups is 3. The molecular formula is C27H50O6. The molecule has 0 heterocycles. The molecule has 194 valence electrons. The topological polar surface area (TPSA) is 89.9 Å². The van der Waals surface area contributed by atoms with Gasteiger partial charge in [-0.3, -0.25) is 14.4 Å². The average Bonchev–Trinajstić information content (AvgIpc) is 2.64. The quantitative estimate of drug-likeness (QED) is 0.269. The molecule has 0 saturated heterocycles. The monoisotopic (exact) mass is 470 g/mol. The summed E-state index contributed by atoms with van der Waals surface area (Å²) in [7, 11) is 0. The largest absolute Gasteiger partial charge is 0.481 e. The van der Waals surface area contributed by atoms with Crippen LogP contribution in [0, 0.1) is 16.7 Å². The van der Waals surface area contributed by atoms with Crippen LogP contribution in [0.4, 0.5) is 0 Å². The summed E-state index contributed by atoms with van der Waals surface area (Å²) < 4.78 is 11.8. The van der Waals surface area contributed by atoms with Crippen LogP contribution in [0.5, 0.6) is 0 Å². The summed E-state index contributed by atoms with van der Waals surface area (Å²) in [6.45, 7) is 20.1. The van der Waals surface area contributed by atoms with Gasteiger partial charge in [0.2, 0.25) is 0 Å². The van der Waals surface area contributed by atoms with Crippen LogP contribution in [-0.2, 0) is 23.9 Å². The van der Waals surface area contributed by atoms with E-state index in [1.54, 1.807) is 0 Å². The Morgan fingerprint density at radius 1 is 0.697 bits per heavy atom. The number of rotatable bonds is 16. The summed E-state index contributed by atoms with van der Waals surface area (Å²) in [5, 5.41) is 9.54. The summed E-state index contributed by atoms with van der Waals surface area (Å²) in [6, 6.07) is 0. The molecule has 0 aliphatic heterocycles. The second-order valence-electron chi connectivity index (χ2n) is 12.2. The maximum atomic E-state index is 12.9. The molecule has 0 saturated carbocycles. The first-order valence-electron chi connectivity index (χ1n) is 12.4. The van der Waals surface area contributed by atoms with Gasteiger partial charge in [0, 0.05) is 31.5 Å². The number of hydrogen-bond donors (Lipinski definition) is 1. The number of unbranched alkanes of at least 4 members (excludes halogenated alkanes) is 2. The van der Waals surface area contributed by atoms with Crippen LogP contribution in [0.3, 0.4) is 0 Å². The predicted molar refractivity (Wildman–Crippen MR) is 132 cm³/mol. The summed E-state index contributed by atoms with van der Waals surface area (Å²) >= 11 is 0. The Morgan fingerprint density at radius 3 is 1.76 bits per heavy atom. The van der Waals surface area contributed by atoms with Crippen LogP contribution in [0.15, 0.2) is 0 Å². The van der Waals surface area contributed by atoms with Crippen molar-refractivity contribution in [3.05, 3.63) is 0 Å². The first-order chi connectivity index (χ1) is 14.8. The van der Waals surface area contributed by atoms with Crippen molar-refractivity contribution in [2.75, 3.05) is 13.2 Å². The van der Waals surface area contributed by atoms with Gasteiger partial charge in [0.15, 0.2) is 0 Å². The first-order valence-corrected chi connectivity index (χ1v) is 12.4. The molecule has 0 aliphatic carbocycles. The van der Waals surface area contributed by atoms with E-state index in [-0.39, 0.29) is 30.2 Å². The molecule has 1 atom stereocenters. The van der Waals surface area contributed by atoms with Crippen molar-refractivity contribution < 1.29 is 29.0 Å². The van der Waals surface area contributed by atoms with Crippen molar-refractivity contribution in [3.8, 4) is 0 Å². The molecule has 0 amide bonds. The molecule has 0 aromatic rings. The maximum absolute atomic E-state index is 12.9. The van der Waals surface area contributed by atoms with Crippen molar-refractivity contribution in [3.63, 3.8) is 0 Å². The molecular weight excluding hydrogens is 420 g/mol. The van der Waals surface area contributed by atoms with E-state index in [1.807, 2.05) is 69.2 Å². The summed E-state index contributed by atoms with van der Waals surface area (Å²) in [5.74, 6) is -1.34. The Morgan fingerprint density at radius 2 is 1.27 bits per heavy atom. The normalized spacial score (nSPS) is 14.2. The molecule has 0 aliphatic rings. The molecule has 0 aromatic carbocycles. The fourth-order valence-corrected chi connectivity index (χ4v) is 3.30. The third-order valence-corrected chi connectivity index (χ3v) is 6.62. The number of carbonyl (C=O) groups excluding carboxylic acids is 2. The highest BCUT2D eigenvalue weighted by atomic mass is 16.5.